The summed E-state index contributed by atoms with van der Waals surface area (Å²) in [5.74, 6) is -7.13. The summed E-state index contributed by atoms with van der Waals surface area (Å²) in [6, 6.07) is 41.2. The van der Waals surface area contributed by atoms with Gasteiger partial charge in [-0.15, -0.1) is 0 Å². The third-order valence-corrected chi connectivity index (χ3v) is 25.8. The molecule has 0 unspecified atom stereocenters. The molecule has 11 aromatic rings. The Morgan fingerprint density at radius 1 is 0.354 bits per heavy atom. The van der Waals surface area contributed by atoms with Crippen molar-refractivity contribution in [1.29, 1.82) is 0 Å². The van der Waals surface area contributed by atoms with Crippen molar-refractivity contribution in [2.24, 2.45) is 60.2 Å². The minimum Gasteiger partial charge on any atom is -0.497 e. The molecule has 1 aliphatic carbocycles. The lowest BCUT2D eigenvalue weighted by Crippen LogP contribution is -2.43. The second kappa shape index (κ2) is 41.2. The average molecular weight is 1900 g/mol. The van der Waals surface area contributed by atoms with Crippen LogP contribution in [0.3, 0.4) is 0 Å². The molecule has 38 nitrogen and oxygen atoms in total. The maximum atomic E-state index is 14.5. The van der Waals surface area contributed by atoms with Gasteiger partial charge >= 0.3 is 40.6 Å². The van der Waals surface area contributed by atoms with Crippen molar-refractivity contribution in [3.8, 4) is 17.2 Å². The number of ether oxygens (including phenoxy) is 3. The third-order valence-electron chi connectivity index (χ3n) is 16.8. The molecule has 12 rings (SSSR count). The van der Waals surface area contributed by atoms with Gasteiger partial charge in [0.1, 0.15) is 22.2 Å². The molecule has 0 spiro atoms. The number of nitrogens with zero attached hydrogens (tertiary/aromatic N) is 15. The Kier molecular flexibility index (Phi) is 31.9. The molecule has 0 radical (unpaired) electrons. The molecule has 0 saturated heterocycles. The maximum Gasteiger partial charge on any atom is 0.441 e. The fourth-order valence-corrected chi connectivity index (χ4v) is 17.9. The van der Waals surface area contributed by atoms with Crippen molar-refractivity contribution >= 4 is 103 Å². The largest absolute Gasteiger partial charge is 0.497 e. The van der Waals surface area contributed by atoms with E-state index in [1.165, 1.54) is 116 Å². The number of aromatic nitrogens is 10. The van der Waals surface area contributed by atoms with Crippen LogP contribution >= 0.6 is 23.2 Å². The zero-order chi connectivity index (χ0) is 94.3. The van der Waals surface area contributed by atoms with E-state index in [-0.39, 0.29) is 63.5 Å². The first-order valence-corrected chi connectivity index (χ1v) is 43.5. The van der Waals surface area contributed by atoms with Crippen molar-refractivity contribution in [2.45, 2.75) is 60.1 Å². The summed E-state index contributed by atoms with van der Waals surface area (Å²) in [5.41, 5.74) is -7.46. The summed E-state index contributed by atoms with van der Waals surface area (Å²) in [6.07, 6.45) is 1.83. The molecule has 5 amide bonds. The van der Waals surface area contributed by atoms with Gasteiger partial charge in [-0.1, -0.05) is 115 Å². The van der Waals surface area contributed by atoms with E-state index in [0.29, 0.717) is 63.5 Å². The van der Waals surface area contributed by atoms with Crippen molar-refractivity contribution in [1.82, 2.24) is 42.7 Å². The number of carbonyl (C=O) groups excluding carboxylic acids is 5. The molecule has 0 fully saturated rings. The van der Waals surface area contributed by atoms with E-state index in [0.717, 1.165) is 74.1 Å². The molecule has 50 heteroatoms. The van der Waals surface area contributed by atoms with Gasteiger partial charge < -0.3 is 14.2 Å². The molecule has 0 bridgehead atoms. The zero-order valence-corrected chi connectivity index (χ0v) is 72.9. The molecule has 127 heavy (non-hydrogen) atoms. The van der Waals surface area contributed by atoms with E-state index in [2.05, 4.69) is 25.0 Å². The molecular formula is C77H68Cl2F5N15O23S5. The first-order valence-electron chi connectivity index (χ1n) is 35.6. The molecule has 0 N–H and O–H groups in total. The summed E-state index contributed by atoms with van der Waals surface area (Å²) >= 11 is 11.7. The number of para-hydroxylation sites is 2. The number of aryl methyl sites for hydroxylation is 1. The van der Waals surface area contributed by atoms with Crippen LogP contribution in [0, 0.1) is 29.1 Å². The normalized spacial score (nSPS) is 12.9. The van der Waals surface area contributed by atoms with E-state index in [4.69, 9.17) is 37.4 Å². The van der Waals surface area contributed by atoms with Crippen molar-refractivity contribution in [2.75, 3.05) is 7.11 Å². The first kappa shape index (κ1) is 98.4. The zero-order valence-electron chi connectivity index (χ0n) is 67.3. The lowest BCUT2D eigenvalue weighted by Gasteiger charge is -2.10. The van der Waals surface area contributed by atoms with Crippen LogP contribution in [0.1, 0.15) is 39.7 Å². The number of rotatable bonds is 14. The first-order chi connectivity index (χ1) is 59.5. The Labute approximate surface area is 724 Å². The molecule has 0 aliphatic heterocycles. The highest BCUT2D eigenvalue weighted by Gasteiger charge is 2.31. The van der Waals surface area contributed by atoms with Crippen LogP contribution in [0.5, 0.6) is 17.2 Å². The second-order valence-corrected chi connectivity index (χ2v) is 35.5. The van der Waals surface area contributed by atoms with Crippen LogP contribution in [0.4, 0.5) is 31.5 Å². The Morgan fingerprint density at radius 2 is 0.598 bits per heavy atom. The number of methoxy groups -OCH3 is 1. The van der Waals surface area contributed by atoms with E-state index in [9.17, 15) is 112 Å². The number of halogens is 7. The van der Waals surface area contributed by atoms with Crippen molar-refractivity contribution in [3.63, 3.8) is 0 Å². The Bertz CT molecular complexity index is 7470. The Hall–Kier alpha value is -14.1. The minimum absolute atomic E-state index is 0.0141. The van der Waals surface area contributed by atoms with E-state index in [1.807, 2.05) is 6.92 Å². The third kappa shape index (κ3) is 23.1. The molecule has 668 valence electrons. The smallest absolute Gasteiger partial charge is 0.441 e. The maximum absolute atomic E-state index is 14.5. The summed E-state index contributed by atoms with van der Waals surface area (Å²) < 4.78 is 216. The fourth-order valence-electron chi connectivity index (χ4n) is 10.5. The van der Waals surface area contributed by atoms with Crippen LogP contribution in [-0.2, 0) is 106 Å². The monoisotopic (exact) mass is 1900 g/mol. The van der Waals surface area contributed by atoms with E-state index in [1.54, 1.807) is 60.7 Å². The fraction of sp³-hybridized carbons (Fsp3) is 0.156. The predicted octanol–water partition coefficient (Wildman–Crippen LogP) is 4.84. The van der Waals surface area contributed by atoms with Gasteiger partial charge in [0.2, 0.25) is 17.7 Å². The van der Waals surface area contributed by atoms with Gasteiger partial charge in [0.15, 0.2) is 56.5 Å². The van der Waals surface area contributed by atoms with Gasteiger partial charge in [0.05, 0.1) is 57.7 Å². The van der Waals surface area contributed by atoms with Crippen molar-refractivity contribution < 1.29 is 102 Å². The molecular weight excluding hydrogens is 1830 g/mol. The van der Waals surface area contributed by atoms with Gasteiger partial charge in [-0.25, -0.2) is 97.6 Å². The Balaban J connectivity index is 0.000000197. The minimum atomic E-state index is -4.52. The number of hydrogen-bond acceptors (Lipinski definition) is 23. The van der Waals surface area contributed by atoms with Crippen LogP contribution < -0.4 is 70.1 Å². The number of amides is 5. The van der Waals surface area contributed by atoms with Crippen LogP contribution in [0.2, 0.25) is 0 Å². The van der Waals surface area contributed by atoms with Gasteiger partial charge in [-0.05, 0) is 103 Å². The SMILES string of the molecule is CC(=O)N=c1c(F)cn(S(=O)(=O)c2ccccc2)c(=O)n1C.CCc1ccc(S(=O)(=O)n2cc(F)c(=NC(C)=O)n(C)c2=O)cc1.COc1ccc(S(=O)(=O)n2cc(F)c(=NC(C)=O)n(C)c2=O)cc1.Cn1c(=NC(=O)Oc2ccccc2)c(F)cn(S(=O)(=O)C2=C(Cl)CC(Cl)=C2)c1=O.Cn1c(=NC(=O)Oc2ccccc2)c(F)cn(S(=O)(=O)c2ccccc2)c1=O. The second-order valence-electron chi connectivity index (χ2n) is 25.5. The molecule has 5 aromatic heterocycles. The van der Waals surface area contributed by atoms with Gasteiger partial charge in [-0.2, -0.15) is 44.8 Å². The van der Waals surface area contributed by atoms with Gasteiger partial charge in [-0.3, -0.25) is 37.2 Å². The lowest BCUT2D eigenvalue weighted by molar-refractivity contribution is -0.117. The highest BCUT2D eigenvalue weighted by molar-refractivity contribution is 7.94. The van der Waals surface area contributed by atoms with Crippen molar-refractivity contribution in [3.05, 3.63) is 336 Å². The summed E-state index contributed by atoms with van der Waals surface area (Å²) in [7, 11) is -14.7. The van der Waals surface area contributed by atoms with Gasteiger partial charge in [0.25, 0.3) is 50.1 Å². The number of benzene rings is 6. The van der Waals surface area contributed by atoms with Crippen LogP contribution in [-0.4, -0.2) is 122 Å². The van der Waals surface area contributed by atoms with E-state index < -0.39 is 170 Å². The number of carbonyl (C=O) groups is 5. The van der Waals surface area contributed by atoms with Gasteiger partial charge in [0, 0.05) is 72.5 Å². The summed E-state index contributed by atoms with van der Waals surface area (Å²) in [6.45, 7) is 5.18. The highest BCUT2D eigenvalue weighted by atomic mass is 35.5. The quantitative estimate of drug-likeness (QED) is 0.131. The highest BCUT2D eigenvalue weighted by Crippen LogP contribution is 2.34. The van der Waals surface area contributed by atoms with Crippen LogP contribution in [0.15, 0.2) is 290 Å². The standard InChI is InChI=1S/C18H14FN3O5S.C17H12Cl2FN3O5S.C15H16FN3O4S.C14H14FN3O5S.C13H12FN3O4S/c1-21-16(20-17(23)27-13-8-4-2-5-9-13)15(19)12-22(18(21)24)28(25,26)14-10-6-3-7-11-14;1-22-15(21-16(24)28-11-5-3-2-4-6-11)13(20)9-23(17(22)25)29(26,27)14-8-10(18)7-12(14)19;1-4-11-5-7-12(8-6-11)24(22,23)19-9-13(16)14(17-10(2)20)18(3)15(19)21;1-9(19)16-13-12(15)8-18(14(20)17(13)2)24(21,22)11-6-4-10(23-3)5-7-11;1-9(18)15-12-11(14)8-17(13(19)16(12)2)22(20,21)10-6-4-3-5-7-10/h2-12H,1H3;2-6,8-9H,7H2,1H3;5-9H,4H2,1-3H3;4-8H,1-3H3;3-8H,1-2H3. The van der Waals surface area contributed by atoms with Crippen LogP contribution in [0.25, 0.3) is 0 Å². The lowest BCUT2D eigenvalue weighted by atomic mass is 10.2. The molecule has 0 saturated carbocycles. The molecule has 5 heterocycles. The predicted molar refractivity (Wildman–Crippen MR) is 441 cm³/mol. The topological polar surface area (TPSA) is 480 Å². The number of allylic oxidation sites excluding steroid dienone is 3. The number of hydrogen-bond donors (Lipinski definition) is 0. The summed E-state index contributed by atoms with van der Waals surface area (Å²) in [4.78, 5) is 134. The Morgan fingerprint density at radius 3 is 0.843 bits per heavy atom. The molecule has 6 aromatic carbocycles. The average Bonchev–Trinajstić information content (AvgIpc) is 1.27. The molecule has 1 aliphatic rings. The summed E-state index contributed by atoms with van der Waals surface area (Å²) in [5, 5.41) is 0.0481. The molecule has 0 atom stereocenters. The van der Waals surface area contributed by atoms with E-state index >= 15 is 0 Å².